The summed E-state index contributed by atoms with van der Waals surface area (Å²) >= 11 is 0. The number of aromatic nitrogens is 5. The highest BCUT2D eigenvalue weighted by Gasteiger charge is 2.23. The SMILES string of the molecule is COCc1c(C(=O)NN=C(C)C)nnn1-c1nonc1N. The number of nitrogens with one attached hydrogen (secondary N) is 1. The molecule has 3 N–H and O–H groups in total. The molecule has 2 aromatic rings. The number of nitrogens with zero attached hydrogens (tertiary/aromatic N) is 6. The zero-order valence-corrected chi connectivity index (χ0v) is 11.7. The number of hydrogen-bond acceptors (Lipinski definition) is 9. The number of carbonyl (C=O) groups excluding carboxylic acids is 1. The molecule has 2 heterocycles. The summed E-state index contributed by atoms with van der Waals surface area (Å²) in [7, 11) is 1.47. The number of anilines is 1. The maximum absolute atomic E-state index is 12.0. The first-order valence-corrected chi connectivity index (χ1v) is 5.87. The van der Waals surface area contributed by atoms with Crippen LogP contribution >= 0.6 is 0 Å². The highest BCUT2D eigenvalue weighted by atomic mass is 16.6. The van der Waals surface area contributed by atoms with E-state index in [0.717, 1.165) is 0 Å². The Labute approximate surface area is 119 Å². The van der Waals surface area contributed by atoms with Crippen molar-refractivity contribution in [1.29, 1.82) is 0 Å². The number of methoxy groups -OCH3 is 1. The topological polar surface area (TPSA) is 146 Å². The quantitative estimate of drug-likeness (QED) is 0.554. The van der Waals surface area contributed by atoms with Gasteiger partial charge in [-0.1, -0.05) is 5.21 Å². The lowest BCUT2D eigenvalue weighted by Gasteiger charge is -2.04. The zero-order valence-electron chi connectivity index (χ0n) is 11.7. The fraction of sp³-hybridized carbons (Fsp3) is 0.400. The van der Waals surface area contributed by atoms with E-state index in [1.807, 2.05) is 0 Å². The molecule has 0 fully saturated rings. The predicted octanol–water partition coefficient (Wildman–Crippen LogP) is -0.495. The van der Waals surface area contributed by atoms with E-state index < -0.39 is 5.91 Å². The highest BCUT2D eigenvalue weighted by Crippen LogP contribution is 2.16. The minimum atomic E-state index is -0.524. The summed E-state index contributed by atoms with van der Waals surface area (Å²) in [6.45, 7) is 3.56. The Hall–Kier alpha value is -2.82. The number of hydrazone groups is 1. The van der Waals surface area contributed by atoms with Crippen molar-refractivity contribution in [3.8, 4) is 5.82 Å². The maximum atomic E-state index is 12.0. The van der Waals surface area contributed by atoms with Crippen molar-refractivity contribution >= 4 is 17.4 Å². The van der Waals surface area contributed by atoms with Crippen LogP contribution in [0, 0.1) is 0 Å². The Bertz CT molecular complexity index is 670. The normalized spacial score (nSPS) is 10.4. The van der Waals surface area contributed by atoms with Gasteiger partial charge >= 0.3 is 0 Å². The lowest BCUT2D eigenvalue weighted by Crippen LogP contribution is -2.21. The van der Waals surface area contributed by atoms with Gasteiger partial charge in [0.25, 0.3) is 5.91 Å². The molecule has 0 spiro atoms. The van der Waals surface area contributed by atoms with Crippen molar-refractivity contribution < 1.29 is 14.2 Å². The number of nitrogen functional groups attached to an aromatic ring is 1. The summed E-state index contributed by atoms with van der Waals surface area (Å²) in [5.74, 6) is -0.375. The Kier molecular flexibility index (Phi) is 4.23. The van der Waals surface area contributed by atoms with Gasteiger partial charge in [-0.2, -0.15) is 9.78 Å². The number of hydrogen-bond donors (Lipinski definition) is 2. The van der Waals surface area contributed by atoms with Gasteiger partial charge in [-0.05, 0) is 24.2 Å². The van der Waals surface area contributed by atoms with E-state index in [2.05, 4.69) is 35.8 Å². The van der Waals surface area contributed by atoms with Crippen LogP contribution in [0.1, 0.15) is 30.0 Å². The third-order valence-electron chi connectivity index (χ3n) is 2.34. The summed E-state index contributed by atoms with van der Waals surface area (Å²) in [4.78, 5) is 12.0. The second-order valence-electron chi connectivity index (χ2n) is 4.20. The molecular formula is C10H14N8O3. The summed E-state index contributed by atoms with van der Waals surface area (Å²) in [5.41, 5.74) is 9.04. The predicted molar refractivity (Wildman–Crippen MR) is 70.6 cm³/mol. The molecule has 112 valence electrons. The van der Waals surface area contributed by atoms with Gasteiger partial charge in [0, 0.05) is 12.8 Å². The molecule has 0 bridgehead atoms. The van der Waals surface area contributed by atoms with Crippen LogP contribution in [-0.4, -0.2) is 44.0 Å². The van der Waals surface area contributed by atoms with Crippen molar-refractivity contribution in [1.82, 2.24) is 30.7 Å². The van der Waals surface area contributed by atoms with Gasteiger partial charge < -0.3 is 10.5 Å². The first-order chi connectivity index (χ1) is 10.0. The summed E-state index contributed by atoms with van der Waals surface area (Å²) in [5, 5.41) is 18.5. The van der Waals surface area contributed by atoms with E-state index in [0.29, 0.717) is 11.4 Å². The Morgan fingerprint density at radius 2 is 2.24 bits per heavy atom. The average molecular weight is 294 g/mol. The largest absolute Gasteiger partial charge is 0.378 e. The van der Waals surface area contributed by atoms with E-state index in [9.17, 15) is 4.79 Å². The van der Waals surface area contributed by atoms with Crippen molar-refractivity contribution in [2.24, 2.45) is 5.10 Å². The first kappa shape index (κ1) is 14.6. The van der Waals surface area contributed by atoms with Crippen LogP contribution < -0.4 is 11.2 Å². The molecular weight excluding hydrogens is 280 g/mol. The molecule has 1 amide bonds. The van der Waals surface area contributed by atoms with Crippen molar-refractivity contribution in [2.75, 3.05) is 12.8 Å². The van der Waals surface area contributed by atoms with Crippen molar-refractivity contribution in [2.45, 2.75) is 20.5 Å². The fourth-order valence-corrected chi connectivity index (χ4v) is 1.47. The van der Waals surface area contributed by atoms with Crippen molar-refractivity contribution in [3.63, 3.8) is 0 Å². The smallest absolute Gasteiger partial charge is 0.293 e. The minimum absolute atomic E-state index is 0.0200. The monoisotopic (exact) mass is 294 g/mol. The van der Waals surface area contributed by atoms with Gasteiger partial charge in [-0.25, -0.2) is 10.1 Å². The molecule has 0 saturated carbocycles. The van der Waals surface area contributed by atoms with Crippen LogP contribution in [0.4, 0.5) is 5.82 Å². The third kappa shape index (κ3) is 3.02. The molecule has 2 aromatic heterocycles. The van der Waals surface area contributed by atoms with E-state index in [1.165, 1.54) is 11.8 Å². The second-order valence-corrected chi connectivity index (χ2v) is 4.20. The molecule has 0 radical (unpaired) electrons. The second kappa shape index (κ2) is 6.09. The number of rotatable bonds is 5. The lowest BCUT2D eigenvalue weighted by atomic mass is 10.3. The highest BCUT2D eigenvalue weighted by molar-refractivity contribution is 5.94. The van der Waals surface area contributed by atoms with E-state index in [4.69, 9.17) is 10.5 Å². The minimum Gasteiger partial charge on any atom is -0.378 e. The molecule has 0 aliphatic rings. The van der Waals surface area contributed by atoms with E-state index in [1.54, 1.807) is 13.8 Å². The van der Waals surface area contributed by atoms with Crippen LogP contribution in [0.2, 0.25) is 0 Å². The Morgan fingerprint density at radius 3 is 2.81 bits per heavy atom. The molecule has 0 saturated heterocycles. The van der Waals surface area contributed by atoms with Gasteiger partial charge in [0.05, 0.1) is 6.61 Å². The Balaban J connectivity index is 2.40. The van der Waals surface area contributed by atoms with Gasteiger partial charge in [0.15, 0.2) is 5.69 Å². The van der Waals surface area contributed by atoms with Gasteiger partial charge in [-0.3, -0.25) is 4.79 Å². The maximum Gasteiger partial charge on any atom is 0.293 e. The molecule has 0 aliphatic heterocycles. The molecule has 0 aromatic carbocycles. The first-order valence-electron chi connectivity index (χ1n) is 5.87. The summed E-state index contributed by atoms with van der Waals surface area (Å²) in [6, 6.07) is 0. The molecule has 0 aliphatic carbocycles. The molecule has 11 nitrogen and oxygen atoms in total. The van der Waals surface area contributed by atoms with Crippen LogP contribution in [0.5, 0.6) is 0 Å². The number of nitrogens with two attached hydrogens (primary N) is 1. The number of ether oxygens (including phenoxy) is 1. The average Bonchev–Trinajstić information content (AvgIpc) is 3.02. The third-order valence-corrected chi connectivity index (χ3v) is 2.34. The van der Waals surface area contributed by atoms with Gasteiger partial charge in [-0.15, -0.1) is 5.10 Å². The van der Waals surface area contributed by atoms with Crippen LogP contribution in [0.3, 0.4) is 0 Å². The van der Waals surface area contributed by atoms with Gasteiger partial charge in [0.1, 0.15) is 5.69 Å². The molecule has 11 heteroatoms. The molecule has 0 atom stereocenters. The van der Waals surface area contributed by atoms with Crippen LogP contribution in [0.15, 0.2) is 9.73 Å². The van der Waals surface area contributed by atoms with E-state index in [-0.39, 0.29) is 23.9 Å². The van der Waals surface area contributed by atoms with Crippen LogP contribution in [0.25, 0.3) is 5.82 Å². The standard InChI is InChI=1S/C10H14N8O3/c1-5(2)12-14-10(19)7-6(4-20-3)18(17-13-7)9-8(11)15-21-16-9/h4H2,1-3H3,(H2,11,15)(H,14,19). The lowest BCUT2D eigenvalue weighted by molar-refractivity contribution is 0.0944. The molecule has 0 unspecified atom stereocenters. The van der Waals surface area contributed by atoms with Gasteiger partial charge in [0.2, 0.25) is 11.6 Å². The number of carbonyl (C=O) groups is 1. The molecule has 21 heavy (non-hydrogen) atoms. The Morgan fingerprint density at radius 1 is 1.48 bits per heavy atom. The van der Waals surface area contributed by atoms with Crippen LogP contribution in [-0.2, 0) is 11.3 Å². The summed E-state index contributed by atoms with van der Waals surface area (Å²) in [6.07, 6.45) is 0. The molecule has 2 rings (SSSR count). The number of amides is 1. The summed E-state index contributed by atoms with van der Waals surface area (Å²) < 4.78 is 10.8. The van der Waals surface area contributed by atoms with E-state index >= 15 is 0 Å². The fourth-order valence-electron chi connectivity index (χ4n) is 1.47. The zero-order chi connectivity index (χ0) is 15.4. The van der Waals surface area contributed by atoms with Crippen molar-refractivity contribution in [3.05, 3.63) is 11.4 Å².